The van der Waals surface area contributed by atoms with Gasteiger partial charge in [0, 0.05) is 17.4 Å². The molecule has 2 rings (SSSR count). The topological polar surface area (TPSA) is 59.1 Å². The van der Waals surface area contributed by atoms with Gasteiger partial charge in [0.15, 0.2) is 10.9 Å². The van der Waals surface area contributed by atoms with Gasteiger partial charge in [0.25, 0.3) is 5.91 Å². The minimum Gasteiger partial charge on any atom is -0.298 e. The summed E-state index contributed by atoms with van der Waals surface area (Å²) in [4.78, 5) is 28.4. The SMILES string of the molecule is CC(=O)c1nc(NC(=O)c2ccccc2C)sc1C. The Hall–Kier alpha value is -2.01. The Balaban J connectivity index is 2.22. The zero-order valence-electron chi connectivity index (χ0n) is 11.0. The summed E-state index contributed by atoms with van der Waals surface area (Å²) < 4.78 is 0. The Morgan fingerprint density at radius 3 is 2.47 bits per heavy atom. The van der Waals surface area contributed by atoms with Crippen molar-refractivity contribution in [3.05, 3.63) is 46.0 Å². The van der Waals surface area contributed by atoms with E-state index in [1.807, 2.05) is 32.0 Å². The smallest absolute Gasteiger partial charge is 0.257 e. The molecule has 19 heavy (non-hydrogen) atoms. The highest BCUT2D eigenvalue weighted by molar-refractivity contribution is 7.16. The fraction of sp³-hybridized carbons (Fsp3) is 0.214. The molecule has 0 bridgehead atoms. The Kier molecular flexibility index (Phi) is 3.76. The maximum Gasteiger partial charge on any atom is 0.257 e. The first-order valence-corrected chi connectivity index (χ1v) is 6.66. The number of hydrogen-bond donors (Lipinski definition) is 1. The lowest BCUT2D eigenvalue weighted by Gasteiger charge is -2.04. The minimum atomic E-state index is -0.207. The van der Waals surface area contributed by atoms with E-state index in [2.05, 4.69) is 10.3 Å². The third-order valence-corrected chi connectivity index (χ3v) is 3.63. The van der Waals surface area contributed by atoms with Crippen molar-refractivity contribution >= 4 is 28.2 Å². The molecule has 2 aromatic rings. The number of hydrogen-bond acceptors (Lipinski definition) is 4. The van der Waals surface area contributed by atoms with Gasteiger partial charge in [-0.25, -0.2) is 4.98 Å². The third-order valence-electron chi connectivity index (χ3n) is 2.74. The maximum absolute atomic E-state index is 12.1. The lowest BCUT2D eigenvalue weighted by molar-refractivity contribution is 0.100. The number of Topliss-reactive ketones (excluding diaryl/α,β-unsaturated/α-hetero) is 1. The first-order chi connectivity index (χ1) is 8.99. The summed E-state index contributed by atoms with van der Waals surface area (Å²) in [5.74, 6) is -0.299. The Morgan fingerprint density at radius 1 is 1.21 bits per heavy atom. The molecule has 1 N–H and O–H groups in total. The van der Waals surface area contributed by atoms with Crippen molar-refractivity contribution in [2.24, 2.45) is 0 Å². The number of rotatable bonds is 3. The van der Waals surface area contributed by atoms with Crippen LogP contribution in [0.25, 0.3) is 0 Å². The zero-order chi connectivity index (χ0) is 14.0. The Labute approximate surface area is 115 Å². The number of carbonyl (C=O) groups excluding carboxylic acids is 2. The van der Waals surface area contributed by atoms with E-state index >= 15 is 0 Å². The van der Waals surface area contributed by atoms with E-state index in [4.69, 9.17) is 0 Å². The van der Waals surface area contributed by atoms with E-state index in [9.17, 15) is 9.59 Å². The molecule has 4 nitrogen and oxygen atoms in total. The highest BCUT2D eigenvalue weighted by Crippen LogP contribution is 2.23. The van der Waals surface area contributed by atoms with Crippen LogP contribution >= 0.6 is 11.3 Å². The highest BCUT2D eigenvalue weighted by atomic mass is 32.1. The molecule has 0 radical (unpaired) electrons. The summed E-state index contributed by atoms with van der Waals surface area (Å²) in [6.07, 6.45) is 0. The molecule has 98 valence electrons. The second kappa shape index (κ2) is 5.32. The summed E-state index contributed by atoms with van der Waals surface area (Å²) in [6.45, 7) is 5.16. The molecular weight excluding hydrogens is 260 g/mol. The number of nitrogens with zero attached hydrogens (tertiary/aromatic N) is 1. The third kappa shape index (κ3) is 2.88. The van der Waals surface area contributed by atoms with Crippen LogP contribution in [0.5, 0.6) is 0 Å². The molecule has 0 aliphatic heterocycles. The van der Waals surface area contributed by atoms with E-state index in [1.165, 1.54) is 18.3 Å². The molecule has 1 heterocycles. The van der Waals surface area contributed by atoms with Crippen LogP contribution in [0.15, 0.2) is 24.3 Å². The highest BCUT2D eigenvalue weighted by Gasteiger charge is 2.15. The van der Waals surface area contributed by atoms with Crippen molar-refractivity contribution in [2.75, 3.05) is 5.32 Å². The van der Waals surface area contributed by atoms with Gasteiger partial charge < -0.3 is 0 Å². The first-order valence-electron chi connectivity index (χ1n) is 5.84. The summed E-state index contributed by atoms with van der Waals surface area (Å²) >= 11 is 1.31. The maximum atomic E-state index is 12.1. The molecule has 0 spiro atoms. The largest absolute Gasteiger partial charge is 0.298 e. The molecule has 0 aliphatic rings. The molecule has 0 fully saturated rings. The van der Waals surface area contributed by atoms with Gasteiger partial charge in [-0.05, 0) is 25.5 Å². The second-order valence-electron chi connectivity index (χ2n) is 4.25. The average Bonchev–Trinajstić information content (AvgIpc) is 2.70. The number of nitrogens with one attached hydrogen (secondary N) is 1. The standard InChI is InChI=1S/C14H14N2O2S/c1-8-6-4-5-7-11(8)13(18)16-14-15-12(9(2)17)10(3)19-14/h4-7H,1-3H3,(H,15,16,18). The molecule has 0 unspecified atom stereocenters. The molecule has 5 heteroatoms. The number of ketones is 1. The van der Waals surface area contributed by atoms with Crippen molar-refractivity contribution < 1.29 is 9.59 Å². The van der Waals surface area contributed by atoms with Crippen LogP contribution in [-0.2, 0) is 0 Å². The number of aromatic nitrogens is 1. The number of anilines is 1. The van der Waals surface area contributed by atoms with Crippen molar-refractivity contribution in [2.45, 2.75) is 20.8 Å². The molecule has 1 aromatic carbocycles. The monoisotopic (exact) mass is 274 g/mol. The molecule has 0 saturated carbocycles. The van der Waals surface area contributed by atoms with Crippen LogP contribution in [-0.4, -0.2) is 16.7 Å². The fourth-order valence-corrected chi connectivity index (χ4v) is 2.63. The minimum absolute atomic E-state index is 0.0925. The van der Waals surface area contributed by atoms with E-state index < -0.39 is 0 Å². The van der Waals surface area contributed by atoms with Gasteiger partial charge in [-0.15, -0.1) is 11.3 Å². The van der Waals surface area contributed by atoms with Crippen LogP contribution in [0, 0.1) is 13.8 Å². The zero-order valence-corrected chi connectivity index (χ0v) is 11.8. The van der Waals surface area contributed by atoms with Crippen LogP contribution in [0.3, 0.4) is 0 Å². The second-order valence-corrected chi connectivity index (χ2v) is 5.45. The molecule has 0 saturated heterocycles. The van der Waals surface area contributed by atoms with E-state index in [1.54, 1.807) is 6.07 Å². The first kappa shape index (κ1) is 13.4. The number of thiazole rings is 1. The molecule has 0 atom stereocenters. The van der Waals surface area contributed by atoms with Gasteiger partial charge in [-0.2, -0.15) is 0 Å². The molecular formula is C14H14N2O2S. The molecule has 1 amide bonds. The van der Waals surface area contributed by atoms with Gasteiger partial charge in [0.2, 0.25) is 0 Å². The number of amides is 1. The van der Waals surface area contributed by atoms with Gasteiger partial charge >= 0.3 is 0 Å². The van der Waals surface area contributed by atoms with Crippen molar-refractivity contribution in [1.82, 2.24) is 4.98 Å². The average molecular weight is 274 g/mol. The predicted octanol–water partition coefficient (Wildman–Crippen LogP) is 3.21. The van der Waals surface area contributed by atoms with Gasteiger partial charge in [-0.1, -0.05) is 18.2 Å². The van der Waals surface area contributed by atoms with Crippen LogP contribution in [0.4, 0.5) is 5.13 Å². The lowest BCUT2D eigenvalue weighted by Crippen LogP contribution is -2.13. The van der Waals surface area contributed by atoms with E-state index in [0.29, 0.717) is 16.4 Å². The van der Waals surface area contributed by atoms with Crippen LogP contribution in [0.2, 0.25) is 0 Å². The van der Waals surface area contributed by atoms with E-state index in [0.717, 1.165) is 10.4 Å². The Bertz CT molecular complexity index is 647. The predicted molar refractivity (Wildman–Crippen MR) is 76.0 cm³/mol. The van der Waals surface area contributed by atoms with Crippen molar-refractivity contribution in [1.29, 1.82) is 0 Å². The Morgan fingerprint density at radius 2 is 1.89 bits per heavy atom. The summed E-state index contributed by atoms with van der Waals surface area (Å²) in [5.41, 5.74) is 1.94. The van der Waals surface area contributed by atoms with Crippen LogP contribution in [0.1, 0.15) is 38.2 Å². The fourth-order valence-electron chi connectivity index (χ4n) is 1.77. The number of aryl methyl sites for hydroxylation is 2. The number of benzene rings is 1. The van der Waals surface area contributed by atoms with Gasteiger partial charge in [0.05, 0.1) is 0 Å². The summed E-state index contributed by atoms with van der Waals surface area (Å²) in [5, 5.41) is 3.19. The van der Waals surface area contributed by atoms with Crippen molar-refractivity contribution in [3.8, 4) is 0 Å². The normalized spacial score (nSPS) is 10.3. The van der Waals surface area contributed by atoms with E-state index in [-0.39, 0.29) is 11.7 Å². The summed E-state index contributed by atoms with van der Waals surface area (Å²) in [6, 6.07) is 7.34. The quantitative estimate of drug-likeness (QED) is 0.874. The molecule has 0 aliphatic carbocycles. The van der Waals surface area contributed by atoms with Gasteiger partial charge in [0.1, 0.15) is 5.69 Å². The van der Waals surface area contributed by atoms with Gasteiger partial charge in [-0.3, -0.25) is 14.9 Å². The lowest BCUT2D eigenvalue weighted by atomic mass is 10.1. The number of carbonyl (C=O) groups is 2. The molecule has 1 aromatic heterocycles. The summed E-state index contributed by atoms with van der Waals surface area (Å²) in [7, 11) is 0. The van der Waals surface area contributed by atoms with Crippen LogP contribution < -0.4 is 5.32 Å². The van der Waals surface area contributed by atoms with Crippen molar-refractivity contribution in [3.63, 3.8) is 0 Å².